The van der Waals surface area contributed by atoms with Crippen LogP contribution in [0.1, 0.15) is 58.8 Å². The molecule has 1 unspecified atom stereocenters. The predicted octanol–water partition coefficient (Wildman–Crippen LogP) is 2.71. The molecule has 0 spiro atoms. The van der Waals surface area contributed by atoms with Crippen LogP contribution in [-0.2, 0) is 0 Å². The van der Waals surface area contributed by atoms with Crippen molar-refractivity contribution in [1.29, 1.82) is 0 Å². The molecule has 0 aliphatic heterocycles. The van der Waals surface area contributed by atoms with Crippen LogP contribution in [0.15, 0.2) is 0 Å². The summed E-state index contributed by atoms with van der Waals surface area (Å²) >= 11 is 0. The van der Waals surface area contributed by atoms with E-state index in [0.29, 0.717) is 0 Å². The number of hydrogen-bond donors (Lipinski definition) is 2. The second-order valence-electron chi connectivity index (χ2n) is 4.01. The Kier molecular flexibility index (Phi) is 10.9. The molecular formula is C12H27NO. The lowest BCUT2D eigenvalue weighted by atomic mass is 10.1. The van der Waals surface area contributed by atoms with Crippen LogP contribution < -0.4 is 5.32 Å². The first-order valence-corrected chi connectivity index (χ1v) is 6.20. The minimum Gasteiger partial charge on any atom is -0.393 e. The average molecular weight is 201 g/mol. The summed E-state index contributed by atoms with van der Waals surface area (Å²) in [5.41, 5.74) is 0. The Labute approximate surface area is 89.1 Å². The maximum Gasteiger partial charge on any atom is 0.0549 e. The van der Waals surface area contributed by atoms with Gasteiger partial charge in [0.05, 0.1) is 6.10 Å². The fraction of sp³-hybridized carbons (Fsp3) is 1.00. The van der Waals surface area contributed by atoms with E-state index in [4.69, 9.17) is 0 Å². The zero-order valence-electron chi connectivity index (χ0n) is 9.89. The average Bonchev–Trinajstić information content (AvgIpc) is 2.21. The molecule has 0 aliphatic rings. The third-order valence-corrected chi connectivity index (χ3v) is 2.58. The number of rotatable bonds is 10. The van der Waals surface area contributed by atoms with E-state index in [2.05, 4.69) is 12.2 Å². The van der Waals surface area contributed by atoms with Crippen LogP contribution in [0.3, 0.4) is 0 Å². The molecule has 14 heavy (non-hydrogen) atoms. The zero-order chi connectivity index (χ0) is 10.6. The summed E-state index contributed by atoms with van der Waals surface area (Å²) in [6.07, 6.45) is 8.34. The second-order valence-corrected chi connectivity index (χ2v) is 4.01. The van der Waals surface area contributed by atoms with Gasteiger partial charge in [-0.25, -0.2) is 0 Å². The van der Waals surface area contributed by atoms with E-state index in [1.54, 1.807) is 0 Å². The highest BCUT2D eigenvalue weighted by atomic mass is 16.3. The molecule has 0 aromatic carbocycles. The van der Waals surface area contributed by atoms with Gasteiger partial charge in [-0.3, -0.25) is 0 Å². The normalized spacial score (nSPS) is 13.1. The SMILES string of the molecule is CCCCCCCNCCC(O)CC. The van der Waals surface area contributed by atoms with Gasteiger partial charge in [-0.05, 0) is 32.4 Å². The first-order valence-electron chi connectivity index (χ1n) is 6.20. The van der Waals surface area contributed by atoms with Gasteiger partial charge in [-0.1, -0.05) is 39.5 Å². The third-order valence-electron chi connectivity index (χ3n) is 2.58. The van der Waals surface area contributed by atoms with Gasteiger partial charge in [0, 0.05) is 0 Å². The Bertz CT molecular complexity index is 106. The van der Waals surface area contributed by atoms with Gasteiger partial charge >= 0.3 is 0 Å². The number of unbranched alkanes of at least 4 members (excludes halogenated alkanes) is 4. The van der Waals surface area contributed by atoms with Crippen LogP contribution in [0.5, 0.6) is 0 Å². The van der Waals surface area contributed by atoms with Crippen LogP contribution in [0, 0.1) is 0 Å². The van der Waals surface area contributed by atoms with E-state index >= 15 is 0 Å². The summed E-state index contributed by atoms with van der Waals surface area (Å²) in [5.74, 6) is 0. The Morgan fingerprint density at radius 2 is 1.71 bits per heavy atom. The van der Waals surface area contributed by atoms with E-state index in [-0.39, 0.29) is 6.10 Å². The summed E-state index contributed by atoms with van der Waals surface area (Å²) in [6.45, 7) is 6.34. The highest BCUT2D eigenvalue weighted by molar-refractivity contribution is 4.55. The molecular weight excluding hydrogens is 174 g/mol. The Hall–Kier alpha value is -0.0800. The molecule has 0 bridgehead atoms. The molecule has 2 heteroatoms. The predicted molar refractivity (Wildman–Crippen MR) is 62.5 cm³/mol. The van der Waals surface area contributed by atoms with Gasteiger partial charge in [0.25, 0.3) is 0 Å². The van der Waals surface area contributed by atoms with Crippen LogP contribution in [0.2, 0.25) is 0 Å². The summed E-state index contributed by atoms with van der Waals surface area (Å²) in [5, 5.41) is 12.7. The van der Waals surface area contributed by atoms with Crippen molar-refractivity contribution < 1.29 is 5.11 Å². The van der Waals surface area contributed by atoms with Gasteiger partial charge in [-0.2, -0.15) is 0 Å². The molecule has 0 aliphatic carbocycles. The van der Waals surface area contributed by atoms with Gasteiger partial charge < -0.3 is 10.4 Å². The Morgan fingerprint density at radius 3 is 2.36 bits per heavy atom. The van der Waals surface area contributed by atoms with Crippen molar-refractivity contribution in [2.24, 2.45) is 0 Å². The van der Waals surface area contributed by atoms with Crippen molar-refractivity contribution in [3.63, 3.8) is 0 Å². The van der Waals surface area contributed by atoms with Gasteiger partial charge in [0.2, 0.25) is 0 Å². The molecule has 86 valence electrons. The van der Waals surface area contributed by atoms with E-state index in [0.717, 1.165) is 25.9 Å². The maximum absolute atomic E-state index is 9.29. The van der Waals surface area contributed by atoms with E-state index < -0.39 is 0 Å². The summed E-state index contributed by atoms with van der Waals surface area (Å²) < 4.78 is 0. The first kappa shape index (κ1) is 13.9. The summed E-state index contributed by atoms with van der Waals surface area (Å²) in [4.78, 5) is 0. The van der Waals surface area contributed by atoms with Crippen molar-refractivity contribution in [2.75, 3.05) is 13.1 Å². The minimum atomic E-state index is -0.109. The van der Waals surface area contributed by atoms with Crippen LogP contribution in [0.4, 0.5) is 0 Å². The quantitative estimate of drug-likeness (QED) is 0.533. The molecule has 0 rings (SSSR count). The highest BCUT2D eigenvalue weighted by Gasteiger charge is 1.98. The Morgan fingerprint density at radius 1 is 1.00 bits per heavy atom. The number of hydrogen-bond acceptors (Lipinski definition) is 2. The van der Waals surface area contributed by atoms with E-state index in [9.17, 15) is 5.11 Å². The summed E-state index contributed by atoms with van der Waals surface area (Å²) in [7, 11) is 0. The largest absolute Gasteiger partial charge is 0.393 e. The van der Waals surface area contributed by atoms with Gasteiger partial charge in [0.1, 0.15) is 0 Å². The monoisotopic (exact) mass is 201 g/mol. The standard InChI is InChI=1S/C12H27NO/c1-3-5-6-7-8-10-13-11-9-12(14)4-2/h12-14H,3-11H2,1-2H3. The van der Waals surface area contributed by atoms with Crippen molar-refractivity contribution in [3.8, 4) is 0 Å². The van der Waals surface area contributed by atoms with E-state index in [1.807, 2.05) is 6.92 Å². The first-order chi connectivity index (χ1) is 6.81. The molecule has 1 atom stereocenters. The summed E-state index contributed by atoms with van der Waals surface area (Å²) in [6, 6.07) is 0. The van der Waals surface area contributed by atoms with Crippen LogP contribution in [-0.4, -0.2) is 24.3 Å². The minimum absolute atomic E-state index is 0.109. The zero-order valence-corrected chi connectivity index (χ0v) is 9.89. The number of aliphatic hydroxyl groups excluding tert-OH is 1. The third kappa shape index (κ3) is 10.0. The van der Waals surface area contributed by atoms with Gasteiger partial charge in [0.15, 0.2) is 0 Å². The Balaban J connectivity index is 2.92. The smallest absolute Gasteiger partial charge is 0.0549 e. The van der Waals surface area contributed by atoms with Crippen LogP contribution >= 0.6 is 0 Å². The van der Waals surface area contributed by atoms with Crippen LogP contribution in [0.25, 0.3) is 0 Å². The molecule has 0 heterocycles. The molecule has 0 saturated carbocycles. The molecule has 0 aromatic rings. The molecule has 0 radical (unpaired) electrons. The fourth-order valence-electron chi connectivity index (χ4n) is 1.45. The molecule has 2 nitrogen and oxygen atoms in total. The lowest BCUT2D eigenvalue weighted by molar-refractivity contribution is 0.160. The lowest BCUT2D eigenvalue weighted by Gasteiger charge is -2.08. The number of aliphatic hydroxyl groups is 1. The second kappa shape index (κ2) is 11.0. The van der Waals surface area contributed by atoms with E-state index in [1.165, 1.54) is 32.1 Å². The molecule has 2 N–H and O–H groups in total. The van der Waals surface area contributed by atoms with Crippen molar-refractivity contribution in [2.45, 2.75) is 64.9 Å². The maximum atomic E-state index is 9.29. The number of nitrogens with one attached hydrogen (secondary N) is 1. The molecule has 0 saturated heterocycles. The topological polar surface area (TPSA) is 32.3 Å². The fourth-order valence-corrected chi connectivity index (χ4v) is 1.45. The molecule has 0 amide bonds. The molecule has 0 aromatic heterocycles. The lowest BCUT2D eigenvalue weighted by Crippen LogP contribution is -2.21. The molecule has 0 fully saturated rings. The van der Waals surface area contributed by atoms with Crippen molar-refractivity contribution >= 4 is 0 Å². The van der Waals surface area contributed by atoms with Gasteiger partial charge in [-0.15, -0.1) is 0 Å². The van der Waals surface area contributed by atoms with Crippen molar-refractivity contribution in [1.82, 2.24) is 5.32 Å². The highest BCUT2D eigenvalue weighted by Crippen LogP contribution is 2.01. The van der Waals surface area contributed by atoms with Crippen molar-refractivity contribution in [3.05, 3.63) is 0 Å².